The molecule has 3 N–H and O–H groups in total. The first-order valence-electron chi connectivity index (χ1n) is 8.66. The van der Waals surface area contributed by atoms with Gasteiger partial charge in [0.1, 0.15) is 12.3 Å². The maximum atomic E-state index is 12.5. The van der Waals surface area contributed by atoms with Gasteiger partial charge >= 0.3 is 0 Å². The molecular formula is C18H25N3O3. The molecule has 6 heteroatoms. The van der Waals surface area contributed by atoms with Crippen molar-refractivity contribution in [2.75, 3.05) is 18.0 Å². The van der Waals surface area contributed by atoms with Crippen LogP contribution >= 0.6 is 0 Å². The van der Waals surface area contributed by atoms with E-state index in [1.807, 2.05) is 18.2 Å². The standard InChI is InChI=1S/C18H25N3O3/c1-12-18(23)21(15-8-4-5-9-16(15)24-12)11-17(22)20-14-7-3-2-6-13(14)10-19/h4-5,8-9,12-14H,2-3,6-7,10-11,19H2,1H3,(H,20,22). The number of carbonyl (C=O) groups is 2. The van der Waals surface area contributed by atoms with E-state index in [1.165, 1.54) is 11.3 Å². The Balaban J connectivity index is 1.70. The van der Waals surface area contributed by atoms with Gasteiger partial charge in [-0.05, 0) is 44.4 Å². The molecule has 1 fully saturated rings. The molecule has 1 aromatic rings. The lowest BCUT2D eigenvalue weighted by molar-refractivity contribution is -0.128. The highest BCUT2D eigenvalue weighted by Gasteiger charge is 2.33. The highest BCUT2D eigenvalue weighted by atomic mass is 16.5. The predicted molar refractivity (Wildman–Crippen MR) is 91.8 cm³/mol. The second-order valence-corrected chi connectivity index (χ2v) is 6.61. The quantitative estimate of drug-likeness (QED) is 0.874. The van der Waals surface area contributed by atoms with Gasteiger partial charge in [0.25, 0.3) is 5.91 Å². The van der Waals surface area contributed by atoms with E-state index in [4.69, 9.17) is 10.5 Å². The van der Waals surface area contributed by atoms with Gasteiger partial charge in [-0.1, -0.05) is 25.0 Å². The predicted octanol–water partition coefficient (Wildman–Crippen LogP) is 1.43. The molecule has 1 heterocycles. The molecule has 3 rings (SSSR count). The van der Waals surface area contributed by atoms with Crippen LogP contribution in [-0.2, 0) is 9.59 Å². The van der Waals surface area contributed by atoms with Crippen molar-refractivity contribution in [3.63, 3.8) is 0 Å². The second-order valence-electron chi connectivity index (χ2n) is 6.61. The molecule has 1 aliphatic carbocycles. The monoisotopic (exact) mass is 331 g/mol. The number of fused-ring (bicyclic) bond motifs is 1. The number of nitrogens with zero attached hydrogens (tertiary/aromatic N) is 1. The van der Waals surface area contributed by atoms with Crippen molar-refractivity contribution >= 4 is 17.5 Å². The number of anilines is 1. The van der Waals surface area contributed by atoms with Gasteiger partial charge in [-0.15, -0.1) is 0 Å². The molecule has 1 saturated carbocycles. The van der Waals surface area contributed by atoms with Gasteiger partial charge in [-0.25, -0.2) is 0 Å². The van der Waals surface area contributed by atoms with Crippen molar-refractivity contribution in [3.8, 4) is 5.75 Å². The smallest absolute Gasteiger partial charge is 0.268 e. The number of benzene rings is 1. The van der Waals surface area contributed by atoms with Crippen LogP contribution in [0.5, 0.6) is 5.75 Å². The molecule has 2 amide bonds. The van der Waals surface area contributed by atoms with Crippen LogP contribution in [0.1, 0.15) is 32.6 Å². The van der Waals surface area contributed by atoms with Crippen molar-refractivity contribution in [1.29, 1.82) is 0 Å². The van der Waals surface area contributed by atoms with E-state index in [2.05, 4.69) is 5.32 Å². The Kier molecular flexibility index (Phi) is 5.04. The molecule has 24 heavy (non-hydrogen) atoms. The molecule has 0 saturated heterocycles. The van der Waals surface area contributed by atoms with Crippen LogP contribution in [0.15, 0.2) is 24.3 Å². The van der Waals surface area contributed by atoms with Gasteiger partial charge in [0.15, 0.2) is 6.10 Å². The zero-order chi connectivity index (χ0) is 17.1. The van der Waals surface area contributed by atoms with E-state index in [0.717, 1.165) is 19.3 Å². The van der Waals surface area contributed by atoms with Crippen LogP contribution in [0.4, 0.5) is 5.69 Å². The van der Waals surface area contributed by atoms with Crippen LogP contribution in [0, 0.1) is 5.92 Å². The molecule has 1 aromatic carbocycles. The van der Waals surface area contributed by atoms with Crippen LogP contribution in [0.2, 0.25) is 0 Å². The number of rotatable bonds is 4. The third-order valence-electron chi connectivity index (χ3n) is 4.93. The molecule has 3 atom stereocenters. The first-order chi connectivity index (χ1) is 11.6. The molecule has 0 aromatic heterocycles. The molecule has 6 nitrogen and oxygen atoms in total. The highest BCUT2D eigenvalue weighted by molar-refractivity contribution is 6.03. The Morgan fingerprint density at radius 2 is 2.08 bits per heavy atom. The summed E-state index contributed by atoms with van der Waals surface area (Å²) in [5.41, 5.74) is 6.47. The average molecular weight is 331 g/mol. The van der Waals surface area contributed by atoms with Crippen molar-refractivity contribution in [2.45, 2.75) is 44.8 Å². The summed E-state index contributed by atoms with van der Waals surface area (Å²) in [6.07, 6.45) is 3.70. The summed E-state index contributed by atoms with van der Waals surface area (Å²) < 4.78 is 5.60. The Hall–Kier alpha value is -2.08. The van der Waals surface area contributed by atoms with E-state index >= 15 is 0 Å². The SMILES string of the molecule is CC1Oc2ccccc2N(CC(=O)NC2CCCCC2CN)C1=O. The van der Waals surface area contributed by atoms with Crippen LogP contribution in [0.25, 0.3) is 0 Å². The molecule has 0 spiro atoms. The zero-order valence-corrected chi connectivity index (χ0v) is 14.0. The van der Waals surface area contributed by atoms with Crippen molar-refractivity contribution in [1.82, 2.24) is 5.32 Å². The fourth-order valence-electron chi connectivity index (χ4n) is 3.60. The lowest BCUT2D eigenvalue weighted by Crippen LogP contribution is -2.52. The minimum atomic E-state index is -0.584. The average Bonchev–Trinajstić information content (AvgIpc) is 2.59. The number of hydrogen-bond donors (Lipinski definition) is 2. The summed E-state index contributed by atoms with van der Waals surface area (Å²) in [6, 6.07) is 7.42. The first kappa shape index (κ1) is 16.8. The molecule has 1 aliphatic heterocycles. The minimum absolute atomic E-state index is 0.0112. The number of nitrogens with one attached hydrogen (secondary N) is 1. The maximum absolute atomic E-state index is 12.5. The molecule has 0 radical (unpaired) electrons. The molecule has 0 bridgehead atoms. The maximum Gasteiger partial charge on any atom is 0.268 e. The van der Waals surface area contributed by atoms with Crippen molar-refractivity contribution in [2.24, 2.45) is 11.7 Å². The van der Waals surface area contributed by atoms with Gasteiger partial charge in [-0.3, -0.25) is 14.5 Å². The van der Waals surface area contributed by atoms with Gasteiger partial charge in [0, 0.05) is 6.04 Å². The lowest BCUT2D eigenvalue weighted by atomic mass is 9.84. The fourth-order valence-corrected chi connectivity index (χ4v) is 3.60. The Morgan fingerprint density at radius 3 is 2.88 bits per heavy atom. The van der Waals surface area contributed by atoms with E-state index in [9.17, 15) is 9.59 Å². The first-order valence-corrected chi connectivity index (χ1v) is 8.66. The van der Waals surface area contributed by atoms with Crippen molar-refractivity contribution < 1.29 is 14.3 Å². The number of amides is 2. The van der Waals surface area contributed by atoms with Gasteiger partial charge in [0.2, 0.25) is 5.91 Å². The van der Waals surface area contributed by atoms with E-state index in [1.54, 1.807) is 13.0 Å². The summed E-state index contributed by atoms with van der Waals surface area (Å²) in [5.74, 6) is 0.629. The van der Waals surface area contributed by atoms with E-state index in [-0.39, 0.29) is 24.4 Å². The van der Waals surface area contributed by atoms with Crippen molar-refractivity contribution in [3.05, 3.63) is 24.3 Å². The summed E-state index contributed by atoms with van der Waals surface area (Å²) in [5, 5.41) is 3.08. The Morgan fingerprint density at radius 1 is 1.33 bits per heavy atom. The number of nitrogens with two attached hydrogens (primary N) is 1. The zero-order valence-electron chi connectivity index (χ0n) is 14.0. The van der Waals surface area contributed by atoms with Gasteiger partial charge in [-0.2, -0.15) is 0 Å². The summed E-state index contributed by atoms with van der Waals surface area (Å²) in [6.45, 7) is 2.30. The number of para-hydroxylation sites is 2. The topological polar surface area (TPSA) is 84.7 Å². The Bertz CT molecular complexity index is 619. The normalized spacial score (nSPS) is 26.5. The van der Waals surface area contributed by atoms with E-state index < -0.39 is 6.10 Å². The fraction of sp³-hybridized carbons (Fsp3) is 0.556. The van der Waals surface area contributed by atoms with Gasteiger partial charge < -0.3 is 15.8 Å². The lowest BCUT2D eigenvalue weighted by Gasteiger charge is -2.34. The van der Waals surface area contributed by atoms with Crippen LogP contribution < -0.4 is 20.7 Å². The second kappa shape index (κ2) is 7.21. The van der Waals surface area contributed by atoms with E-state index in [0.29, 0.717) is 23.9 Å². The molecular weight excluding hydrogens is 306 g/mol. The Labute approximate surface area is 142 Å². The molecule has 3 unspecified atom stereocenters. The molecule has 2 aliphatic rings. The summed E-state index contributed by atoms with van der Waals surface area (Å²) in [7, 11) is 0. The van der Waals surface area contributed by atoms with Crippen LogP contribution in [0.3, 0.4) is 0 Å². The minimum Gasteiger partial charge on any atom is -0.479 e. The number of carbonyl (C=O) groups excluding carboxylic acids is 2. The number of ether oxygens (including phenoxy) is 1. The largest absolute Gasteiger partial charge is 0.479 e. The third kappa shape index (κ3) is 3.38. The highest BCUT2D eigenvalue weighted by Crippen LogP contribution is 2.33. The molecule has 130 valence electrons. The summed E-state index contributed by atoms with van der Waals surface area (Å²) >= 11 is 0. The number of hydrogen-bond acceptors (Lipinski definition) is 4. The van der Waals surface area contributed by atoms with Crippen LogP contribution in [-0.4, -0.2) is 37.0 Å². The summed E-state index contributed by atoms with van der Waals surface area (Å²) in [4.78, 5) is 26.5. The van der Waals surface area contributed by atoms with Gasteiger partial charge in [0.05, 0.1) is 5.69 Å². The third-order valence-corrected chi connectivity index (χ3v) is 4.93.